The largest absolute Gasteiger partial charge is 0.330 e. The first-order valence-electron chi connectivity index (χ1n) is 7.12. The van der Waals surface area contributed by atoms with E-state index in [4.69, 9.17) is 11.6 Å². The van der Waals surface area contributed by atoms with Crippen LogP contribution in [0.1, 0.15) is 25.5 Å². The molecule has 1 amide bonds. The second-order valence-corrected chi connectivity index (χ2v) is 5.76. The van der Waals surface area contributed by atoms with Crippen LogP contribution in [0.25, 0.3) is 0 Å². The second-order valence-electron chi connectivity index (χ2n) is 5.32. The van der Waals surface area contributed by atoms with Gasteiger partial charge in [-0.2, -0.15) is 0 Å². The van der Waals surface area contributed by atoms with Gasteiger partial charge in [0.1, 0.15) is 11.9 Å². The maximum Gasteiger partial charge on any atom is 0.282 e. The van der Waals surface area contributed by atoms with Crippen LogP contribution in [0.4, 0.5) is 10.1 Å². The van der Waals surface area contributed by atoms with E-state index in [0.717, 1.165) is 5.56 Å². The molecule has 0 spiro atoms. The van der Waals surface area contributed by atoms with E-state index in [1.165, 1.54) is 12.1 Å². The summed E-state index contributed by atoms with van der Waals surface area (Å²) in [4.78, 5) is 12.2. The molecular formula is C17H19ClFN2O+. The molecule has 2 aromatic rings. The molecule has 0 aliphatic heterocycles. The van der Waals surface area contributed by atoms with Crippen LogP contribution in [0.5, 0.6) is 0 Å². The highest BCUT2D eigenvalue weighted by atomic mass is 35.5. The average molecular weight is 322 g/mol. The van der Waals surface area contributed by atoms with E-state index in [0.29, 0.717) is 10.7 Å². The van der Waals surface area contributed by atoms with Crippen LogP contribution >= 0.6 is 11.6 Å². The van der Waals surface area contributed by atoms with Crippen molar-refractivity contribution in [3.8, 4) is 0 Å². The van der Waals surface area contributed by atoms with Crippen molar-refractivity contribution < 1.29 is 14.5 Å². The van der Waals surface area contributed by atoms with Crippen LogP contribution in [0, 0.1) is 5.82 Å². The van der Waals surface area contributed by atoms with Crippen molar-refractivity contribution in [3.05, 3.63) is 64.9 Å². The fourth-order valence-electron chi connectivity index (χ4n) is 2.21. The molecule has 2 atom stereocenters. The Morgan fingerprint density at radius 3 is 2.50 bits per heavy atom. The van der Waals surface area contributed by atoms with Crippen LogP contribution in [0.2, 0.25) is 5.02 Å². The molecule has 0 aliphatic carbocycles. The van der Waals surface area contributed by atoms with E-state index in [1.807, 2.05) is 43.4 Å². The van der Waals surface area contributed by atoms with Gasteiger partial charge in [-0.25, -0.2) is 4.39 Å². The number of nitrogens with two attached hydrogens (primary N) is 1. The lowest BCUT2D eigenvalue weighted by Gasteiger charge is -2.17. The predicted octanol–water partition coefficient (Wildman–Crippen LogP) is 3.13. The van der Waals surface area contributed by atoms with Crippen LogP contribution in [-0.2, 0) is 4.79 Å². The van der Waals surface area contributed by atoms with Crippen molar-refractivity contribution in [3.63, 3.8) is 0 Å². The Bertz CT molecular complexity index is 645. The Kier molecular flexibility index (Phi) is 5.52. The third-order valence-corrected chi connectivity index (χ3v) is 3.71. The lowest BCUT2D eigenvalue weighted by molar-refractivity contribution is -0.709. The Morgan fingerprint density at radius 2 is 1.86 bits per heavy atom. The fourth-order valence-corrected chi connectivity index (χ4v) is 2.41. The Balaban J connectivity index is 1.94. The van der Waals surface area contributed by atoms with E-state index in [9.17, 15) is 9.18 Å². The smallest absolute Gasteiger partial charge is 0.282 e. The first-order chi connectivity index (χ1) is 10.5. The van der Waals surface area contributed by atoms with Gasteiger partial charge in [-0.05, 0) is 50.2 Å². The van der Waals surface area contributed by atoms with Crippen molar-refractivity contribution in [2.24, 2.45) is 0 Å². The molecule has 3 N–H and O–H groups in total. The van der Waals surface area contributed by atoms with E-state index in [1.54, 1.807) is 12.1 Å². The third-order valence-electron chi connectivity index (χ3n) is 3.48. The SMILES string of the molecule is C[C@@H]([NH2+][C@H](C)c1cccc(Cl)c1)C(=O)Nc1ccc(F)cc1. The summed E-state index contributed by atoms with van der Waals surface area (Å²) in [5.74, 6) is -0.451. The molecule has 3 nitrogen and oxygen atoms in total. The zero-order chi connectivity index (χ0) is 16.1. The van der Waals surface area contributed by atoms with Gasteiger partial charge in [0.25, 0.3) is 5.91 Å². The maximum atomic E-state index is 12.8. The van der Waals surface area contributed by atoms with E-state index < -0.39 is 0 Å². The van der Waals surface area contributed by atoms with Crippen molar-refractivity contribution in [2.75, 3.05) is 5.32 Å². The molecule has 0 aromatic heterocycles. The normalized spacial score (nSPS) is 13.5. The monoisotopic (exact) mass is 321 g/mol. The van der Waals surface area contributed by atoms with Crippen molar-refractivity contribution in [2.45, 2.75) is 25.9 Å². The van der Waals surface area contributed by atoms with Gasteiger partial charge in [-0.1, -0.05) is 23.7 Å². The molecule has 22 heavy (non-hydrogen) atoms. The number of hydrogen-bond donors (Lipinski definition) is 2. The first-order valence-corrected chi connectivity index (χ1v) is 7.50. The van der Waals surface area contributed by atoms with Crippen LogP contribution in [-0.4, -0.2) is 11.9 Å². The maximum absolute atomic E-state index is 12.8. The van der Waals surface area contributed by atoms with Gasteiger partial charge in [-0.3, -0.25) is 4.79 Å². The molecule has 0 bridgehead atoms. The van der Waals surface area contributed by atoms with Gasteiger partial charge in [0.2, 0.25) is 0 Å². The van der Waals surface area contributed by atoms with Gasteiger partial charge in [0, 0.05) is 16.3 Å². The highest BCUT2D eigenvalue weighted by Crippen LogP contribution is 2.15. The standard InChI is InChI=1S/C17H18ClFN2O/c1-11(13-4-3-5-14(18)10-13)20-12(2)17(22)21-16-8-6-15(19)7-9-16/h3-12,20H,1-2H3,(H,21,22)/p+1/t11-,12-/m1/s1. The number of hydrogen-bond acceptors (Lipinski definition) is 1. The molecule has 0 heterocycles. The highest BCUT2D eigenvalue weighted by Gasteiger charge is 2.20. The molecule has 0 saturated carbocycles. The number of rotatable bonds is 5. The Hall–Kier alpha value is -1.91. The van der Waals surface area contributed by atoms with Gasteiger partial charge < -0.3 is 10.6 Å². The van der Waals surface area contributed by atoms with Gasteiger partial charge >= 0.3 is 0 Å². The zero-order valence-electron chi connectivity index (χ0n) is 12.5. The number of anilines is 1. The molecule has 2 aromatic carbocycles. The molecule has 2 rings (SSSR count). The quantitative estimate of drug-likeness (QED) is 0.873. The molecule has 5 heteroatoms. The minimum Gasteiger partial charge on any atom is -0.330 e. The summed E-state index contributed by atoms with van der Waals surface area (Å²) in [5, 5.41) is 5.42. The van der Waals surface area contributed by atoms with Gasteiger partial charge in [0.15, 0.2) is 6.04 Å². The summed E-state index contributed by atoms with van der Waals surface area (Å²) >= 11 is 5.98. The molecule has 0 aliphatic rings. The molecule has 0 fully saturated rings. The van der Waals surface area contributed by atoms with E-state index in [-0.39, 0.29) is 23.8 Å². The molecule has 0 unspecified atom stereocenters. The van der Waals surface area contributed by atoms with Crippen LogP contribution in [0.15, 0.2) is 48.5 Å². The second kappa shape index (κ2) is 7.38. The minimum atomic E-state index is -0.327. The highest BCUT2D eigenvalue weighted by molar-refractivity contribution is 6.30. The topological polar surface area (TPSA) is 45.7 Å². The summed E-state index contributed by atoms with van der Waals surface area (Å²) in [5.41, 5.74) is 1.65. The number of quaternary nitrogens is 1. The third kappa shape index (κ3) is 4.55. The van der Waals surface area contributed by atoms with Gasteiger partial charge in [0.05, 0.1) is 0 Å². The number of carbonyl (C=O) groups is 1. The average Bonchev–Trinajstić information content (AvgIpc) is 2.49. The summed E-state index contributed by atoms with van der Waals surface area (Å²) in [6.07, 6.45) is 0. The first kappa shape index (κ1) is 16.5. The number of nitrogens with one attached hydrogen (secondary N) is 1. The van der Waals surface area contributed by atoms with Crippen molar-refractivity contribution >= 4 is 23.2 Å². The summed E-state index contributed by atoms with van der Waals surface area (Å²) in [7, 11) is 0. The van der Waals surface area contributed by atoms with E-state index >= 15 is 0 Å². The number of carbonyl (C=O) groups excluding carboxylic acids is 1. The Labute approximate surface area is 134 Å². The number of halogens is 2. The minimum absolute atomic E-state index is 0.104. The molecular weight excluding hydrogens is 303 g/mol. The fraction of sp³-hybridized carbons (Fsp3) is 0.235. The zero-order valence-corrected chi connectivity index (χ0v) is 13.3. The van der Waals surface area contributed by atoms with Crippen LogP contribution in [0.3, 0.4) is 0 Å². The predicted molar refractivity (Wildman–Crippen MR) is 86.3 cm³/mol. The Morgan fingerprint density at radius 1 is 1.18 bits per heavy atom. The van der Waals surface area contributed by atoms with E-state index in [2.05, 4.69) is 5.32 Å². The van der Waals surface area contributed by atoms with Crippen molar-refractivity contribution in [1.29, 1.82) is 0 Å². The molecule has 116 valence electrons. The number of benzene rings is 2. The van der Waals surface area contributed by atoms with Gasteiger partial charge in [-0.15, -0.1) is 0 Å². The number of amides is 1. The molecule has 0 saturated heterocycles. The molecule has 0 radical (unpaired) electrons. The summed E-state index contributed by atoms with van der Waals surface area (Å²) in [6, 6.07) is 13.1. The summed E-state index contributed by atoms with van der Waals surface area (Å²) < 4.78 is 12.8. The van der Waals surface area contributed by atoms with Crippen molar-refractivity contribution in [1.82, 2.24) is 0 Å². The summed E-state index contributed by atoms with van der Waals surface area (Å²) in [6.45, 7) is 3.85. The lowest BCUT2D eigenvalue weighted by atomic mass is 10.1. The van der Waals surface area contributed by atoms with Crippen LogP contribution < -0.4 is 10.6 Å². The lowest BCUT2D eigenvalue weighted by Crippen LogP contribution is -2.91.